The number of carbonyl (C=O) groups is 1. The summed E-state index contributed by atoms with van der Waals surface area (Å²) in [4.78, 5) is 11.3. The van der Waals surface area contributed by atoms with Crippen LogP contribution in [-0.2, 0) is 11.2 Å². The summed E-state index contributed by atoms with van der Waals surface area (Å²) in [5, 5.41) is 2.68. The van der Waals surface area contributed by atoms with E-state index in [9.17, 15) is 9.18 Å². The van der Waals surface area contributed by atoms with Gasteiger partial charge in [-0.2, -0.15) is 0 Å². The number of nitrogens with one attached hydrogen (secondary N) is 1. The van der Waals surface area contributed by atoms with Gasteiger partial charge in [0.15, 0.2) is 0 Å². The predicted molar refractivity (Wildman–Crippen MR) is 64.5 cm³/mol. The molecule has 1 rings (SSSR count). The molecule has 0 radical (unpaired) electrons. The lowest BCUT2D eigenvalue weighted by Gasteiger charge is -2.04. The molecule has 5 heteroatoms. The van der Waals surface area contributed by atoms with E-state index in [0.29, 0.717) is 13.0 Å². The highest BCUT2D eigenvalue weighted by Crippen LogP contribution is 2.02. The predicted octanol–water partition coefficient (Wildman–Crippen LogP) is 1.16. The monoisotopic (exact) mass is 240 g/mol. The first kappa shape index (κ1) is 12.6. The Morgan fingerprint density at radius 3 is 2.56 bits per heavy atom. The molecular formula is C11H13FN2OS. The van der Waals surface area contributed by atoms with Gasteiger partial charge in [0.1, 0.15) is 5.82 Å². The molecule has 0 saturated carbocycles. The number of nitrogens with two attached hydrogens (primary N) is 1. The van der Waals surface area contributed by atoms with Crippen LogP contribution in [0.25, 0.3) is 0 Å². The Morgan fingerprint density at radius 1 is 1.38 bits per heavy atom. The van der Waals surface area contributed by atoms with Crippen molar-refractivity contribution in [1.29, 1.82) is 0 Å². The molecule has 0 saturated heterocycles. The minimum Gasteiger partial charge on any atom is -0.393 e. The molecule has 0 unspecified atom stereocenters. The molecule has 1 amide bonds. The topological polar surface area (TPSA) is 55.1 Å². The number of halogens is 1. The lowest BCUT2D eigenvalue weighted by atomic mass is 10.1. The molecule has 16 heavy (non-hydrogen) atoms. The summed E-state index contributed by atoms with van der Waals surface area (Å²) >= 11 is 4.61. The molecule has 3 N–H and O–H groups in total. The van der Waals surface area contributed by atoms with Crippen molar-refractivity contribution in [3.8, 4) is 0 Å². The number of benzene rings is 1. The Bertz CT molecular complexity index is 378. The van der Waals surface area contributed by atoms with Crippen LogP contribution in [0, 0.1) is 5.82 Å². The van der Waals surface area contributed by atoms with Crippen molar-refractivity contribution in [3.63, 3.8) is 0 Å². The van der Waals surface area contributed by atoms with Crippen LogP contribution in [0.4, 0.5) is 4.39 Å². The van der Waals surface area contributed by atoms with Crippen molar-refractivity contribution in [2.75, 3.05) is 6.54 Å². The number of hydrogen-bond donors (Lipinski definition) is 2. The molecule has 86 valence electrons. The summed E-state index contributed by atoms with van der Waals surface area (Å²) in [5.41, 5.74) is 6.19. The quantitative estimate of drug-likeness (QED) is 0.759. The Labute approximate surface area is 98.8 Å². The Balaban J connectivity index is 2.28. The summed E-state index contributed by atoms with van der Waals surface area (Å²) in [6.07, 6.45) is 0.724. The number of hydrogen-bond acceptors (Lipinski definition) is 2. The molecule has 0 fully saturated rings. The first-order valence-corrected chi connectivity index (χ1v) is 5.28. The molecule has 1 aromatic rings. The van der Waals surface area contributed by atoms with Crippen molar-refractivity contribution in [2.45, 2.75) is 12.8 Å². The zero-order valence-electron chi connectivity index (χ0n) is 8.70. The maximum Gasteiger partial charge on any atom is 0.226 e. The first-order valence-electron chi connectivity index (χ1n) is 4.87. The van der Waals surface area contributed by atoms with Gasteiger partial charge >= 0.3 is 0 Å². The van der Waals surface area contributed by atoms with Gasteiger partial charge in [0.2, 0.25) is 5.91 Å². The van der Waals surface area contributed by atoms with E-state index in [1.54, 1.807) is 12.1 Å². The molecule has 0 aromatic heterocycles. The second-order valence-electron chi connectivity index (χ2n) is 3.37. The van der Waals surface area contributed by atoms with Gasteiger partial charge in [-0.25, -0.2) is 4.39 Å². The summed E-state index contributed by atoms with van der Waals surface area (Å²) in [6.45, 7) is 0.493. The molecule has 1 aromatic carbocycles. The highest BCUT2D eigenvalue weighted by molar-refractivity contribution is 7.80. The van der Waals surface area contributed by atoms with Gasteiger partial charge in [0.05, 0.1) is 11.4 Å². The normalized spacial score (nSPS) is 9.81. The van der Waals surface area contributed by atoms with Crippen LogP contribution >= 0.6 is 12.2 Å². The van der Waals surface area contributed by atoms with E-state index < -0.39 is 0 Å². The molecule has 0 atom stereocenters. The third-order valence-electron chi connectivity index (χ3n) is 1.98. The SMILES string of the molecule is NC(=S)CC(=O)NCCc1ccc(F)cc1. The summed E-state index contributed by atoms with van der Waals surface area (Å²) in [6, 6.07) is 6.17. The highest BCUT2D eigenvalue weighted by atomic mass is 32.1. The van der Waals surface area contributed by atoms with Crippen LogP contribution < -0.4 is 11.1 Å². The summed E-state index contributed by atoms with van der Waals surface area (Å²) in [7, 11) is 0. The van der Waals surface area contributed by atoms with Crippen LogP contribution in [-0.4, -0.2) is 17.4 Å². The van der Waals surface area contributed by atoms with Crippen LogP contribution in [0.1, 0.15) is 12.0 Å². The van der Waals surface area contributed by atoms with E-state index in [2.05, 4.69) is 17.5 Å². The van der Waals surface area contributed by atoms with E-state index >= 15 is 0 Å². The van der Waals surface area contributed by atoms with Gasteiger partial charge in [-0.15, -0.1) is 0 Å². The van der Waals surface area contributed by atoms with Gasteiger partial charge in [0, 0.05) is 6.54 Å². The maximum absolute atomic E-state index is 12.6. The van der Waals surface area contributed by atoms with Crippen molar-refractivity contribution in [2.24, 2.45) is 5.73 Å². The van der Waals surface area contributed by atoms with E-state index in [4.69, 9.17) is 5.73 Å². The largest absolute Gasteiger partial charge is 0.393 e. The standard InChI is InChI=1S/C11H13FN2OS/c12-9-3-1-8(2-4-9)5-6-14-11(15)7-10(13)16/h1-4H,5-7H2,(H2,13,16)(H,14,15). The molecule has 0 aliphatic heterocycles. The van der Waals surface area contributed by atoms with Gasteiger partial charge in [-0.3, -0.25) is 4.79 Å². The van der Waals surface area contributed by atoms with E-state index in [1.807, 2.05) is 0 Å². The Morgan fingerprint density at radius 2 is 2.00 bits per heavy atom. The molecule has 3 nitrogen and oxygen atoms in total. The van der Waals surface area contributed by atoms with Gasteiger partial charge in [-0.1, -0.05) is 24.4 Å². The van der Waals surface area contributed by atoms with Crippen molar-refractivity contribution >= 4 is 23.1 Å². The smallest absolute Gasteiger partial charge is 0.226 e. The number of thiocarbonyl (C=S) groups is 1. The zero-order valence-corrected chi connectivity index (χ0v) is 9.52. The molecule has 0 spiro atoms. The fraction of sp³-hybridized carbons (Fsp3) is 0.273. The Hall–Kier alpha value is -1.49. The zero-order chi connectivity index (χ0) is 12.0. The highest BCUT2D eigenvalue weighted by Gasteiger charge is 2.02. The van der Waals surface area contributed by atoms with Crippen LogP contribution in [0.5, 0.6) is 0 Å². The van der Waals surface area contributed by atoms with E-state index in [1.165, 1.54) is 12.1 Å². The fourth-order valence-electron chi connectivity index (χ4n) is 1.22. The number of carbonyl (C=O) groups excluding carboxylic acids is 1. The van der Waals surface area contributed by atoms with Crippen molar-refractivity contribution in [3.05, 3.63) is 35.6 Å². The van der Waals surface area contributed by atoms with Crippen LogP contribution in [0.15, 0.2) is 24.3 Å². The minimum atomic E-state index is -0.263. The Kier molecular flexibility index (Phi) is 4.85. The molecule has 0 aliphatic carbocycles. The summed E-state index contributed by atoms with van der Waals surface area (Å²) in [5.74, 6) is -0.448. The van der Waals surface area contributed by atoms with Crippen LogP contribution in [0.2, 0.25) is 0 Å². The number of rotatable bonds is 5. The van der Waals surface area contributed by atoms with Crippen molar-refractivity contribution in [1.82, 2.24) is 5.32 Å². The maximum atomic E-state index is 12.6. The van der Waals surface area contributed by atoms with E-state index in [-0.39, 0.29) is 23.1 Å². The van der Waals surface area contributed by atoms with Crippen LogP contribution in [0.3, 0.4) is 0 Å². The summed E-state index contributed by atoms with van der Waals surface area (Å²) < 4.78 is 12.6. The van der Waals surface area contributed by atoms with Crippen molar-refractivity contribution < 1.29 is 9.18 Å². The third kappa shape index (κ3) is 4.84. The van der Waals surface area contributed by atoms with Gasteiger partial charge in [0.25, 0.3) is 0 Å². The average molecular weight is 240 g/mol. The van der Waals surface area contributed by atoms with Gasteiger partial charge < -0.3 is 11.1 Å². The average Bonchev–Trinajstić information content (AvgIpc) is 2.20. The molecule has 0 aliphatic rings. The lowest BCUT2D eigenvalue weighted by molar-refractivity contribution is -0.119. The number of amides is 1. The second-order valence-corrected chi connectivity index (χ2v) is 3.89. The van der Waals surface area contributed by atoms with Gasteiger partial charge in [-0.05, 0) is 24.1 Å². The van der Waals surface area contributed by atoms with E-state index in [0.717, 1.165) is 5.56 Å². The minimum absolute atomic E-state index is 0.0682. The third-order valence-corrected chi connectivity index (χ3v) is 2.13. The fourth-order valence-corrected chi connectivity index (χ4v) is 1.35. The molecular weight excluding hydrogens is 227 g/mol. The first-order chi connectivity index (χ1) is 7.58. The lowest BCUT2D eigenvalue weighted by Crippen LogP contribution is -2.29. The second kappa shape index (κ2) is 6.17. The molecule has 0 heterocycles. The molecule has 0 bridgehead atoms.